The normalized spacial score (nSPS) is 21.7. The molecule has 1 saturated carbocycles. The Balaban J connectivity index is 1.65. The first kappa shape index (κ1) is 18.2. The molecular weight excluding hydrogens is 328 g/mol. The third-order valence-corrected chi connectivity index (χ3v) is 5.04. The number of amides is 2. The van der Waals surface area contributed by atoms with Crippen molar-refractivity contribution < 1.29 is 9.59 Å². The number of hydrogen-bond donors (Lipinski definition) is 2. The average molecular weight is 354 g/mol. The van der Waals surface area contributed by atoms with Crippen LogP contribution in [0.5, 0.6) is 0 Å². The van der Waals surface area contributed by atoms with Crippen molar-refractivity contribution in [2.24, 2.45) is 7.05 Å². The van der Waals surface area contributed by atoms with E-state index in [0.717, 1.165) is 16.8 Å². The maximum atomic E-state index is 12.6. The number of nitrogens with zero attached hydrogens (tertiary/aromatic N) is 2. The van der Waals surface area contributed by atoms with E-state index < -0.39 is 5.54 Å². The molecule has 0 atom stereocenters. The standard InChI is InChI=1S/C20H26N4O2/c1-14-16(13-24(3)23-14)9-10-19(26)22-20(17-7-5-4-6-8-17)11-18(12-20)21-15(2)25/h4-8,13,18H,9-12H2,1-3H3,(H,21,25)(H,22,26). The topological polar surface area (TPSA) is 76.0 Å². The molecule has 1 aromatic carbocycles. The third kappa shape index (κ3) is 3.95. The largest absolute Gasteiger partial charge is 0.353 e. The Morgan fingerprint density at radius 3 is 2.54 bits per heavy atom. The molecule has 1 aliphatic carbocycles. The first-order valence-electron chi connectivity index (χ1n) is 9.01. The van der Waals surface area contributed by atoms with Crippen LogP contribution < -0.4 is 10.6 Å². The van der Waals surface area contributed by atoms with Gasteiger partial charge >= 0.3 is 0 Å². The molecule has 2 N–H and O–H groups in total. The molecule has 6 heteroatoms. The van der Waals surface area contributed by atoms with Crippen molar-refractivity contribution in [3.8, 4) is 0 Å². The van der Waals surface area contributed by atoms with Gasteiger partial charge in [0.2, 0.25) is 11.8 Å². The van der Waals surface area contributed by atoms with E-state index in [1.807, 2.05) is 50.5 Å². The van der Waals surface area contributed by atoms with Crippen LogP contribution in [0.1, 0.15) is 43.0 Å². The highest BCUT2D eigenvalue weighted by Crippen LogP contribution is 2.41. The molecule has 0 spiro atoms. The second-order valence-corrected chi connectivity index (χ2v) is 7.22. The minimum Gasteiger partial charge on any atom is -0.353 e. The van der Waals surface area contributed by atoms with Crippen LogP contribution in [0, 0.1) is 6.92 Å². The summed E-state index contributed by atoms with van der Waals surface area (Å²) in [6, 6.07) is 10.1. The lowest BCUT2D eigenvalue weighted by molar-refractivity contribution is -0.125. The molecular formula is C20H26N4O2. The Hall–Kier alpha value is -2.63. The average Bonchev–Trinajstić information content (AvgIpc) is 2.88. The van der Waals surface area contributed by atoms with E-state index in [1.165, 1.54) is 6.92 Å². The minimum atomic E-state index is -0.393. The fourth-order valence-electron chi connectivity index (χ4n) is 3.81. The predicted octanol–water partition coefficient (Wildman–Crippen LogP) is 1.97. The summed E-state index contributed by atoms with van der Waals surface area (Å²) in [6.45, 7) is 3.49. The van der Waals surface area contributed by atoms with Gasteiger partial charge in [0, 0.05) is 32.6 Å². The highest BCUT2D eigenvalue weighted by atomic mass is 16.2. The van der Waals surface area contributed by atoms with Gasteiger partial charge in [0.05, 0.1) is 11.2 Å². The van der Waals surface area contributed by atoms with E-state index in [-0.39, 0.29) is 17.9 Å². The Bertz CT molecular complexity index is 791. The highest BCUT2D eigenvalue weighted by molar-refractivity contribution is 5.78. The molecule has 3 rings (SSSR count). The van der Waals surface area contributed by atoms with Crippen LogP contribution in [-0.4, -0.2) is 27.6 Å². The summed E-state index contributed by atoms with van der Waals surface area (Å²) in [6.07, 6.45) is 4.49. The van der Waals surface area contributed by atoms with E-state index in [2.05, 4.69) is 15.7 Å². The van der Waals surface area contributed by atoms with Crippen LogP contribution in [0.2, 0.25) is 0 Å². The number of benzene rings is 1. The summed E-state index contributed by atoms with van der Waals surface area (Å²) in [5.74, 6) is -0.00609. The lowest BCUT2D eigenvalue weighted by atomic mass is 9.68. The van der Waals surface area contributed by atoms with Crippen LogP contribution in [0.3, 0.4) is 0 Å². The number of nitrogens with one attached hydrogen (secondary N) is 2. The molecule has 1 heterocycles. The van der Waals surface area contributed by atoms with Crippen molar-refractivity contribution >= 4 is 11.8 Å². The molecule has 0 bridgehead atoms. The van der Waals surface area contributed by atoms with Crippen molar-refractivity contribution in [3.63, 3.8) is 0 Å². The number of aromatic nitrogens is 2. The van der Waals surface area contributed by atoms with Gasteiger partial charge in [-0.15, -0.1) is 0 Å². The number of hydrogen-bond acceptors (Lipinski definition) is 3. The molecule has 1 aliphatic rings. The quantitative estimate of drug-likeness (QED) is 0.833. The van der Waals surface area contributed by atoms with E-state index >= 15 is 0 Å². The molecule has 26 heavy (non-hydrogen) atoms. The zero-order valence-electron chi connectivity index (χ0n) is 15.6. The number of carbonyl (C=O) groups is 2. The van der Waals surface area contributed by atoms with E-state index in [0.29, 0.717) is 25.7 Å². The predicted molar refractivity (Wildman–Crippen MR) is 99.4 cm³/mol. The lowest BCUT2D eigenvalue weighted by Gasteiger charge is -2.48. The lowest BCUT2D eigenvalue weighted by Crippen LogP contribution is -2.61. The fourth-order valence-corrected chi connectivity index (χ4v) is 3.81. The van der Waals surface area contributed by atoms with Crippen LogP contribution in [0.15, 0.2) is 36.5 Å². The van der Waals surface area contributed by atoms with Crippen LogP contribution >= 0.6 is 0 Å². The molecule has 0 unspecified atom stereocenters. The Kier molecular flexibility index (Phi) is 5.11. The maximum absolute atomic E-state index is 12.6. The minimum absolute atomic E-state index is 0.0263. The summed E-state index contributed by atoms with van der Waals surface area (Å²) in [5, 5.41) is 10.5. The molecule has 0 saturated heterocycles. The van der Waals surface area contributed by atoms with Gasteiger partial charge in [-0.05, 0) is 37.3 Å². The summed E-state index contributed by atoms with van der Waals surface area (Å²) in [4.78, 5) is 23.9. The van der Waals surface area contributed by atoms with Gasteiger partial charge < -0.3 is 10.6 Å². The zero-order chi connectivity index (χ0) is 18.7. The van der Waals surface area contributed by atoms with E-state index in [1.54, 1.807) is 4.68 Å². The number of aryl methyl sites for hydroxylation is 3. The molecule has 6 nitrogen and oxygen atoms in total. The Morgan fingerprint density at radius 1 is 1.27 bits per heavy atom. The maximum Gasteiger partial charge on any atom is 0.221 e. The molecule has 138 valence electrons. The summed E-state index contributed by atoms with van der Waals surface area (Å²) >= 11 is 0. The molecule has 1 aromatic heterocycles. The Labute approximate surface area is 154 Å². The first-order chi connectivity index (χ1) is 12.4. The van der Waals surface area contributed by atoms with Gasteiger partial charge in [0.15, 0.2) is 0 Å². The van der Waals surface area contributed by atoms with Gasteiger partial charge in [-0.3, -0.25) is 14.3 Å². The number of rotatable bonds is 6. The molecule has 0 radical (unpaired) electrons. The van der Waals surface area contributed by atoms with Crippen molar-refractivity contribution in [3.05, 3.63) is 53.3 Å². The van der Waals surface area contributed by atoms with Gasteiger partial charge in [-0.2, -0.15) is 5.10 Å². The molecule has 2 aromatic rings. The summed E-state index contributed by atoms with van der Waals surface area (Å²) in [5.41, 5.74) is 2.76. The van der Waals surface area contributed by atoms with Crippen molar-refractivity contribution in [1.82, 2.24) is 20.4 Å². The SMILES string of the molecule is CC(=O)NC1CC(NC(=O)CCc2cn(C)nc2C)(c2ccccc2)C1. The van der Waals surface area contributed by atoms with Crippen LogP contribution in [-0.2, 0) is 28.6 Å². The van der Waals surface area contributed by atoms with Gasteiger partial charge in [0.1, 0.15) is 0 Å². The first-order valence-corrected chi connectivity index (χ1v) is 9.01. The molecule has 0 aliphatic heterocycles. The number of carbonyl (C=O) groups excluding carboxylic acids is 2. The van der Waals surface area contributed by atoms with E-state index in [4.69, 9.17) is 0 Å². The van der Waals surface area contributed by atoms with Gasteiger partial charge in [0.25, 0.3) is 0 Å². The second-order valence-electron chi connectivity index (χ2n) is 7.22. The van der Waals surface area contributed by atoms with Crippen LogP contribution in [0.4, 0.5) is 0 Å². The highest BCUT2D eigenvalue weighted by Gasteiger charge is 2.46. The van der Waals surface area contributed by atoms with Crippen molar-refractivity contribution in [2.45, 2.75) is 51.1 Å². The van der Waals surface area contributed by atoms with Gasteiger partial charge in [-0.25, -0.2) is 0 Å². The smallest absolute Gasteiger partial charge is 0.221 e. The second kappa shape index (κ2) is 7.32. The van der Waals surface area contributed by atoms with Gasteiger partial charge in [-0.1, -0.05) is 30.3 Å². The van der Waals surface area contributed by atoms with Crippen molar-refractivity contribution in [2.75, 3.05) is 0 Å². The Morgan fingerprint density at radius 2 is 1.96 bits per heavy atom. The molecule has 1 fully saturated rings. The zero-order valence-corrected chi connectivity index (χ0v) is 15.6. The third-order valence-electron chi connectivity index (χ3n) is 5.04. The van der Waals surface area contributed by atoms with Crippen molar-refractivity contribution in [1.29, 1.82) is 0 Å². The summed E-state index contributed by atoms with van der Waals surface area (Å²) < 4.78 is 1.78. The monoisotopic (exact) mass is 354 g/mol. The van der Waals surface area contributed by atoms with E-state index in [9.17, 15) is 9.59 Å². The summed E-state index contributed by atoms with van der Waals surface area (Å²) in [7, 11) is 1.89. The fraction of sp³-hybridized carbons (Fsp3) is 0.450. The molecule has 2 amide bonds. The van der Waals surface area contributed by atoms with Crippen LogP contribution in [0.25, 0.3) is 0 Å².